The summed E-state index contributed by atoms with van der Waals surface area (Å²) in [6.45, 7) is 0. The van der Waals surface area contributed by atoms with Crippen molar-refractivity contribution in [2.45, 2.75) is 43.9 Å². The highest BCUT2D eigenvalue weighted by Crippen LogP contribution is 2.40. The van der Waals surface area contributed by atoms with Gasteiger partial charge in [-0.15, -0.1) is 0 Å². The monoisotopic (exact) mass is 248 g/mol. The van der Waals surface area contributed by atoms with Crippen LogP contribution in [-0.4, -0.2) is 23.2 Å². The van der Waals surface area contributed by atoms with E-state index in [2.05, 4.69) is 10.4 Å². The maximum Gasteiger partial charge on any atom is 0.123 e. The SMILES string of the molecule is NNC(Cc1ccnc(N)c1)C1CC2CCC1O2. The Bertz CT molecular complexity index is 425. The number of ether oxygens (including phenoxy) is 1. The lowest BCUT2D eigenvalue weighted by Gasteiger charge is -2.28. The summed E-state index contributed by atoms with van der Waals surface area (Å²) in [5, 5.41) is 0. The Morgan fingerprint density at radius 2 is 2.39 bits per heavy atom. The van der Waals surface area contributed by atoms with E-state index in [0.717, 1.165) is 12.8 Å². The molecule has 0 saturated carbocycles. The van der Waals surface area contributed by atoms with Crippen LogP contribution in [0.5, 0.6) is 0 Å². The Morgan fingerprint density at radius 1 is 1.50 bits per heavy atom. The van der Waals surface area contributed by atoms with Crippen LogP contribution in [0.3, 0.4) is 0 Å². The molecule has 2 aliphatic rings. The van der Waals surface area contributed by atoms with Crippen molar-refractivity contribution in [3.05, 3.63) is 23.9 Å². The van der Waals surface area contributed by atoms with Crippen molar-refractivity contribution in [3.8, 4) is 0 Å². The largest absolute Gasteiger partial charge is 0.384 e. The van der Waals surface area contributed by atoms with Gasteiger partial charge in [0.1, 0.15) is 5.82 Å². The molecule has 2 fully saturated rings. The molecule has 18 heavy (non-hydrogen) atoms. The predicted octanol–water partition coefficient (Wildman–Crippen LogP) is 0.606. The van der Waals surface area contributed by atoms with Gasteiger partial charge in [0.2, 0.25) is 0 Å². The van der Waals surface area contributed by atoms with Gasteiger partial charge in [0, 0.05) is 18.2 Å². The van der Waals surface area contributed by atoms with Gasteiger partial charge in [-0.3, -0.25) is 11.3 Å². The number of nitrogen functional groups attached to an aromatic ring is 1. The van der Waals surface area contributed by atoms with Crippen molar-refractivity contribution in [1.82, 2.24) is 10.4 Å². The molecule has 2 bridgehead atoms. The normalized spacial score (nSPS) is 31.7. The molecule has 5 N–H and O–H groups in total. The number of anilines is 1. The van der Waals surface area contributed by atoms with Gasteiger partial charge in [-0.05, 0) is 43.4 Å². The Morgan fingerprint density at radius 3 is 3.00 bits per heavy atom. The van der Waals surface area contributed by atoms with Gasteiger partial charge in [0.25, 0.3) is 0 Å². The van der Waals surface area contributed by atoms with E-state index in [1.54, 1.807) is 6.20 Å². The van der Waals surface area contributed by atoms with Crippen LogP contribution < -0.4 is 17.0 Å². The molecule has 0 spiro atoms. The van der Waals surface area contributed by atoms with E-state index >= 15 is 0 Å². The molecule has 1 aromatic heterocycles. The summed E-state index contributed by atoms with van der Waals surface area (Å²) in [5.74, 6) is 6.80. The number of nitrogens with two attached hydrogens (primary N) is 2. The molecule has 1 aromatic rings. The first-order chi connectivity index (χ1) is 8.76. The van der Waals surface area contributed by atoms with Crippen LogP contribution in [0.1, 0.15) is 24.8 Å². The van der Waals surface area contributed by atoms with E-state index in [1.807, 2.05) is 12.1 Å². The summed E-state index contributed by atoms with van der Waals surface area (Å²) in [6.07, 6.45) is 6.97. The van der Waals surface area contributed by atoms with Crippen molar-refractivity contribution < 1.29 is 4.74 Å². The standard InChI is InChI=1S/C13H20N4O/c14-13-6-8(3-4-16-13)5-11(17-15)10-7-9-1-2-12(10)18-9/h3-4,6,9-12,17H,1-2,5,7,15H2,(H2,14,16). The number of aromatic nitrogens is 1. The average Bonchev–Trinajstić information content (AvgIpc) is 2.98. The van der Waals surface area contributed by atoms with Gasteiger partial charge in [-0.1, -0.05) is 0 Å². The highest BCUT2D eigenvalue weighted by atomic mass is 16.5. The van der Waals surface area contributed by atoms with Crippen molar-refractivity contribution in [2.24, 2.45) is 11.8 Å². The molecule has 5 nitrogen and oxygen atoms in total. The van der Waals surface area contributed by atoms with Crippen LogP contribution >= 0.6 is 0 Å². The summed E-state index contributed by atoms with van der Waals surface area (Å²) in [5.41, 5.74) is 9.83. The van der Waals surface area contributed by atoms with Gasteiger partial charge < -0.3 is 10.5 Å². The third-order valence-corrected chi connectivity index (χ3v) is 4.19. The number of rotatable bonds is 4. The smallest absolute Gasteiger partial charge is 0.123 e. The second-order valence-electron chi connectivity index (χ2n) is 5.34. The first-order valence-corrected chi connectivity index (χ1v) is 6.58. The number of fused-ring (bicyclic) bond motifs is 2. The van der Waals surface area contributed by atoms with Gasteiger partial charge in [-0.25, -0.2) is 4.98 Å². The van der Waals surface area contributed by atoms with Crippen molar-refractivity contribution in [3.63, 3.8) is 0 Å². The van der Waals surface area contributed by atoms with E-state index in [0.29, 0.717) is 23.9 Å². The van der Waals surface area contributed by atoms with E-state index in [9.17, 15) is 0 Å². The van der Waals surface area contributed by atoms with E-state index in [-0.39, 0.29) is 6.04 Å². The highest BCUT2D eigenvalue weighted by Gasteiger charge is 2.43. The maximum atomic E-state index is 5.90. The van der Waals surface area contributed by atoms with Crippen molar-refractivity contribution in [1.29, 1.82) is 0 Å². The molecule has 3 heterocycles. The minimum absolute atomic E-state index is 0.252. The molecule has 2 saturated heterocycles. The number of pyridine rings is 1. The molecule has 0 radical (unpaired) electrons. The van der Waals surface area contributed by atoms with Crippen LogP contribution in [0.15, 0.2) is 18.3 Å². The molecule has 4 unspecified atom stereocenters. The van der Waals surface area contributed by atoms with Gasteiger partial charge in [-0.2, -0.15) is 0 Å². The Hall–Kier alpha value is -1.17. The molecule has 2 aliphatic heterocycles. The van der Waals surface area contributed by atoms with Crippen LogP contribution in [-0.2, 0) is 11.2 Å². The van der Waals surface area contributed by atoms with Gasteiger partial charge in [0.15, 0.2) is 0 Å². The maximum absolute atomic E-state index is 5.90. The molecule has 3 rings (SSSR count). The zero-order chi connectivity index (χ0) is 12.5. The molecular weight excluding hydrogens is 228 g/mol. The van der Waals surface area contributed by atoms with Gasteiger partial charge in [0.05, 0.1) is 12.2 Å². The molecule has 98 valence electrons. The highest BCUT2D eigenvalue weighted by molar-refractivity contribution is 5.32. The van der Waals surface area contributed by atoms with Crippen LogP contribution in [0, 0.1) is 5.92 Å². The number of hydrogen-bond donors (Lipinski definition) is 3. The third kappa shape index (κ3) is 2.21. The summed E-state index contributed by atoms with van der Waals surface area (Å²) in [4.78, 5) is 4.01. The number of hydrazine groups is 1. The fraction of sp³-hybridized carbons (Fsp3) is 0.615. The first-order valence-electron chi connectivity index (χ1n) is 6.58. The fourth-order valence-corrected chi connectivity index (χ4v) is 3.31. The fourth-order valence-electron chi connectivity index (χ4n) is 3.31. The molecule has 5 heteroatoms. The zero-order valence-corrected chi connectivity index (χ0v) is 10.4. The lowest BCUT2D eigenvalue weighted by atomic mass is 9.82. The molecule has 0 aromatic carbocycles. The second-order valence-corrected chi connectivity index (χ2v) is 5.34. The van der Waals surface area contributed by atoms with E-state index in [1.165, 1.54) is 18.4 Å². The second kappa shape index (κ2) is 4.84. The van der Waals surface area contributed by atoms with Crippen LogP contribution in [0.2, 0.25) is 0 Å². The molecule has 4 atom stereocenters. The Balaban J connectivity index is 1.69. The van der Waals surface area contributed by atoms with Crippen molar-refractivity contribution in [2.75, 3.05) is 5.73 Å². The average molecular weight is 248 g/mol. The third-order valence-electron chi connectivity index (χ3n) is 4.19. The summed E-state index contributed by atoms with van der Waals surface area (Å²) >= 11 is 0. The number of nitrogens with one attached hydrogen (secondary N) is 1. The summed E-state index contributed by atoms with van der Waals surface area (Å²) < 4.78 is 5.90. The molecule has 0 aliphatic carbocycles. The van der Waals surface area contributed by atoms with Crippen LogP contribution in [0.4, 0.5) is 5.82 Å². The van der Waals surface area contributed by atoms with Crippen molar-refractivity contribution >= 4 is 5.82 Å². The van der Waals surface area contributed by atoms with Crippen LogP contribution in [0.25, 0.3) is 0 Å². The molecule has 0 amide bonds. The number of nitrogens with zero attached hydrogens (tertiary/aromatic N) is 1. The predicted molar refractivity (Wildman–Crippen MR) is 69.5 cm³/mol. The van der Waals surface area contributed by atoms with E-state index in [4.69, 9.17) is 16.3 Å². The number of hydrogen-bond acceptors (Lipinski definition) is 5. The Kier molecular flexibility index (Phi) is 3.20. The molecular formula is C13H20N4O. The van der Waals surface area contributed by atoms with Gasteiger partial charge >= 0.3 is 0 Å². The quantitative estimate of drug-likeness (QED) is 0.537. The Labute approximate surface area is 107 Å². The minimum atomic E-state index is 0.252. The summed E-state index contributed by atoms with van der Waals surface area (Å²) in [7, 11) is 0. The lowest BCUT2D eigenvalue weighted by molar-refractivity contribution is 0.0857. The summed E-state index contributed by atoms with van der Waals surface area (Å²) in [6, 6.07) is 4.16. The first kappa shape index (κ1) is 11.9. The lowest BCUT2D eigenvalue weighted by Crippen LogP contribution is -2.45. The minimum Gasteiger partial charge on any atom is -0.384 e. The zero-order valence-electron chi connectivity index (χ0n) is 10.4. The van der Waals surface area contributed by atoms with E-state index < -0.39 is 0 Å². The topological polar surface area (TPSA) is 86.2 Å².